The fourth-order valence-electron chi connectivity index (χ4n) is 1.99. The van der Waals surface area contributed by atoms with Crippen LogP contribution in [0.1, 0.15) is 38.0 Å². The fraction of sp³-hybridized carbons (Fsp3) is 0.267. The first-order valence-corrected chi connectivity index (χ1v) is 6.79. The van der Waals surface area contributed by atoms with Gasteiger partial charge in [0, 0.05) is 10.4 Å². The number of carbonyl (C=O) groups excluding carboxylic acids is 1. The maximum atomic E-state index is 12.4. The largest absolute Gasteiger partial charge is 0.317 e. The molecule has 18 heavy (non-hydrogen) atoms. The van der Waals surface area contributed by atoms with Gasteiger partial charge in [-0.15, -0.1) is 11.3 Å². The van der Waals surface area contributed by atoms with E-state index in [1.807, 2.05) is 43.5 Å². The third-order valence-electron chi connectivity index (χ3n) is 3.24. The van der Waals surface area contributed by atoms with Crippen LogP contribution >= 0.6 is 11.3 Å². The standard InChI is InChI=1S/C15H17NOS/c1-9-7-11(3)12(8-10(9)2)15(17)14(16)13-5-4-6-18-13/h4-8,14H,16H2,1-3H3. The lowest BCUT2D eigenvalue weighted by molar-refractivity contribution is 0.0962. The van der Waals surface area contributed by atoms with Crippen molar-refractivity contribution in [1.29, 1.82) is 0 Å². The summed E-state index contributed by atoms with van der Waals surface area (Å²) in [5, 5.41) is 1.94. The summed E-state index contributed by atoms with van der Waals surface area (Å²) in [4.78, 5) is 13.3. The van der Waals surface area contributed by atoms with E-state index in [1.54, 1.807) is 0 Å². The second-order valence-corrected chi connectivity index (χ2v) is 5.59. The van der Waals surface area contributed by atoms with E-state index in [1.165, 1.54) is 16.9 Å². The van der Waals surface area contributed by atoms with Crippen LogP contribution in [0.15, 0.2) is 29.6 Å². The van der Waals surface area contributed by atoms with Crippen molar-refractivity contribution < 1.29 is 4.79 Å². The summed E-state index contributed by atoms with van der Waals surface area (Å²) < 4.78 is 0. The number of hydrogen-bond acceptors (Lipinski definition) is 3. The van der Waals surface area contributed by atoms with Gasteiger partial charge in [0.05, 0.1) is 0 Å². The van der Waals surface area contributed by atoms with Crippen LogP contribution in [0.3, 0.4) is 0 Å². The van der Waals surface area contributed by atoms with Crippen LogP contribution in [0, 0.1) is 20.8 Å². The quantitative estimate of drug-likeness (QED) is 0.856. The van der Waals surface area contributed by atoms with Crippen LogP contribution in [0.25, 0.3) is 0 Å². The Morgan fingerprint density at radius 3 is 2.44 bits per heavy atom. The summed E-state index contributed by atoms with van der Waals surface area (Å²) in [6, 6.07) is 7.26. The Morgan fingerprint density at radius 2 is 1.83 bits per heavy atom. The number of thiophene rings is 1. The predicted molar refractivity (Wildman–Crippen MR) is 76.2 cm³/mol. The third-order valence-corrected chi connectivity index (χ3v) is 4.19. The molecular formula is C15H17NOS. The van der Waals surface area contributed by atoms with Crippen molar-refractivity contribution in [3.8, 4) is 0 Å². The molecule has 2 rings (SSSR count). The van der Waals surface area contributed by atoms with Crippen molar-refractivity contribution >= 4 is 17.1 Å². The van der Waals surface area contributed by atoms with E-state index in [4.69, 9.17) is 5.73 Å². The average Bonchev–Trinajstić information content (AvgIpc) is 2.85. The molecule has 0 aliphatic heterocycles. The van der Waals surface area contributed by atoms with E-state index < -0.39 is 6.04 Å². The third kappa shape index (κ3) is 2.37. The highest BCUT2D eigenvalue weighted by atomic mass is 32.1. The lowest BCUT2D eigenvalue weighted by Gasteiger charge is -2.13. The molecular weight excluding hydrogens is 242 g/mol. The molecule has 1 heterocycles. The first kappa shape index (κ1) is 13.0. The molecule has 2 aromatic rings. The predicted octanol–water partition coefficient (Wildman–Crippen LogP) is 3.56. The summed E-state index contributed by atoms with van der Waals surface area (Å²) in [7, 11) is 0. The Kier molecular flexibility index (Phi) is 3.64. The molecule has 1 aromatic carbocycles. The van der Waals surface area contributed by atoms with Crippen LogP contribution in [0.2, 0.25) is 0 Å². The zero-order valence-corrected chi connectivity index (χ0v) is 11.7. The summed E-state index contributed by atoms with van der Waals surface area (Å²) in [6.45, 7) is 6.03. The SMILES string of the molecule is Cc1cc(C)c(C(=O)C(N)c2cccs2)cc1C. The molecule has 0 radical (unpaired) electrons. The molecule has 0 bridgehead atoms. The Balaban J connectivity index is 2.37. The van der Waals surface area contributed by atoms with Gasteiger partial charge in [-0.25, -0.2) is 0 Å². The van der Waals surface area contributed by atoms with Gasteiger partial charge in [-0.05, 0) is 55.0 Å². The molecule has 2 N–H and O–H groups in total. The number of Topliss-reactive ketones (excluding diaryl/α,β-unsaturated/α-hetero) is 1. The molecule has 1 unspecified atom stereocenters. The highest BCUT2D eigenvalue weighted by Crippen LogP contribution is 2.24. The van der Waals surface area contributed by atoms with Crippen LogP contribution in [-0.4, -0.2) is 5.78 Å². The van der Waals surface area contributed by atoms with Gasteiger partial charge in [-0.2, -0.15) is 0 Å². The van der Waals surface area contributed by atoms with E-state index in [0.717, 1.165) is 21.6 Å². The normalized spacial score (nSPS) is 12.4. The van der Waals surface area contributed by atoms with Gasteiger partial charge >= 0.3 is 0 Å². The van der Waals surface area contributed by atoms with Crippen molar-refractivity contribution in [2.45, 2.75) is 26.8 Å². The van der Waals surface area contributed by atoms with E-state index in [9.17, 15) is 4.79 Å². The minimum atomic E-state index is -0.550. The van der Waals surface area contributed by atoms with Gasteiger partial charge in [0.1, 0.15) is 6.04 Å². The monoisotopic (exact) mass is 259 g/mol. The zero-order valence-electron chi connectivity index (χ0n) is 10.9. The number of aryl methyl sites for hydroxylation is 3. The lowest BCUT2D eigenvalue weighted by Crippen LogP contribution is -2.21. The minimum Gasteiger partial charge on any atom is -0.317 e. The molecule has 0 spiro atoms. The Labute approximate surface area is 111 Å². The second-order valence-electron chi connectivity index (χ2n) is 4.61. The number of carbonyl (C=O) groups is 1. The molecule has 0 saturated carbocycles. The summed E-state index contributed by atoms with van der Waals surface area (Å²) in [5.74, 6) is -0.00181. The highest BCUT2D eigenvalue weighted by Gasteiger charge is 2.20. The van der Waals surface area contributed by atoms with E-state index in [-0.39, 0.29) is 5.78 Å². The molecule has 1 atom stereocenters. The van der Waals surface area contributed by atoms with Gasteiger partial charge in [0.25, 0.3) is 0 Å². The molecule has 0 aliphatic carbocycles. The fourth-order valence-corrected chi connectivity index (χ4v) is 2.72. The van der Waals surface area contributed by atoms with Crippen LogP contribution in [-0.2, 0) is 0 Å². The smallest absolute Gasteiger partial charge is 0.185 e. The van der Waals surface area contributed by atoms with Crippen LogP contribution < -0.4 is 5.73 Å². The highest BCUT2D eigenvalue weighted by molar-refractivity contribution is 7.10. The lowest BCUT2D eigenvalue weighted by atomic mass is 9.95. The van der Waals surface area contributed by atoms with E-state index >= 15 is 0 Å². The average molecular weight is 259 g/mol. The Hall–Kier alpha value is -1.45. The first-order valence-electron chi connectivity index (χ1n) is 5.91. The zero-order chi connectivity index (χ0) is 13.3. The van der Waals surface area contributed by atoms with Gasteiger partial charge in [-0.3, -0.25) is 4.79 Å². The summed E-state index contributed by atoms with van der Waals surface area (Å²) >= 11 is 1.52. The minimum absolute atomic E-state index is 0.00181. The number of rotatable bonds is 3. The van der Waals surface area contributed by atoms with Gasteiger partial charge in [0.2, 0.25) is 0 Å². The number of hydrogen-bond donors (Lipinski definition) is 1. The van der Waals surface area contributed by atoms with E-state index in [2.05, 4.69) is 6.92 Å². The molecule has 0 saturated heterocycles. The maximum Gasteiger partial charge on any atom is 0.185 e. The van der Waals surface area contributed by atoms with Gasteiger partial charge < -0.3 is 5.73 Å². The second kappa shape index (κ2) is 5.04. The molecule has 3 heteroatoms. The molecule has 0 amide bonds. The Bertz CT molecular complexity index is 572. The number of nitrogens with two attached hydrogens (primary N) is 1. The summed E-state index contributed by atoms with van der Waals surface area (Å²) in [6.07, 6.45) is 0. The molecule has 1 aromatic heterocycles. The molecule has 0 fully saturated rings. The molecule has 94 valence electrons. The first-order chi connectivity index (χ1) is 8.50. The van der Waals surface area contributed by atoms with Crippen LogP contribution in [0.5, 0.6) is 0 Å². The number of ketones is 1. The topological polar surface area (TPSA) is 43.1 Å². The molecule has 2 nitrogen and oxygen atoms in total. The maximum absolute atomic E-state index is 12.4. The van der Waals surface area contributed by atoms with Crippen molar-refractivity contribution in [2.75, 3.05) is 0 Å². The summed E-state index contributed by atoms with van der Waals surface area (Å²) in [5.41, 5.74) is 10.1. The Morgan fingerprint density at radius 1 is 1.17 bits per heavy atom. The van der Waals surface area contributed by atoms with Gasteiger partial charge in [-0.1, -0.05) is 12.1 Å². The van der Waals surface area contributed by atoms with Gasteiger partial charge in [0.15, 0.2) is 5.78 Å². The van der Waals surface area contributed by atoms with Crippen molar-refractivity contribution in [3.63, 3.8) is 0 Å². The van der Waals surface area contributed by atoms with Crippen molar-refractivity contribution in [2.24, 2.45) is 5.73 Å². The van der Waals surface area contributed by atoms with Crippen LogP contribution in [0.4, 0.5) is 0 Å². The van der Waals surface area contributed by atoms with Crippen molar-refractivity contribution in [1.82, 2.24) is 0 Å². The number of benzene rings is 1. The van der Waals surface area contributed by atoms with E-state index in [0.29, 0.717) is 0 Å². The van der Waals surface area contributed by atoms with Crippen molar-refractivity contribution in [3.05, 3.63) is 56.8 Å². The molecule has 0 aliphatic rings.